The summed E-state index contributed by atoms with van der Waals surface area (Å²) in [5, 5.41) is 3.05. The Kier molecular flexibility index (Phi) is 7.21. The van der Waals surface area contributed by atoms with E-state index in [2.05, 4.69) is 18.5 Å². The van der Waals surface area contributed by atoms with Crippen molar-refractivity contribution in [1.29, 1.82) is 0 Å². The molecular formula is C16H33NO2S. The minimum absolute atomic E-state index is 0.235. The van der Waals surface area contributed by atoms with Gasteiger partial charge in [-0.3, -0.25) is 10.9 Å². The third kappa shape index (κ3) is 7.41. The molecule has 1 aliphatic rings. The lowest BCUT2D eigenvalue weighted by atomic mass is 9.84. The number of carbonyl (C=O) groups is 1. The van der Waals surface area contributed by atoms with Crippen LogP contribution < -0.4 is 5.32 Å². The average molecular weight is 304 g/mol. The van der Waals surface area contributed by atoms with E-state index in [1.807, 2.05) is 20.8 Å². The lowest BCUT2D eigenvalue weighted by molar-refractivity contribution is 0.0484. The highest BCUT2D eigenvalue weighted by Gasteiger charge is 2.25. The molecule has 0 saturated heterocycles. The molecular weight excluding hydrogens is 270 g/mol. The highest BCUT2D eigenvalue weighted by Crippen LogP contribution is 2.31. The number of carbonyl (C=O) groups excluding carboxylic acids is 1. The van der Waals surface area contributed by atoms with Crippen LogP contribution in [0.25, 0.3) is 0 Å². The van der Waals surface area contributed by atoms with Crippen molar-refractivity contribution in [1.82, 2.24) is 5.32 Å². The van der Waals surface area contributed by atoms with Crippen molar-refractivity contribution in [3.8, 4) is 0 Å². The molecule has 1 amide bonds. The maximum absolute atomic E-state index is 11.8. The van der Waals surface area contributed by atoms with E-state index in [-0.39, 0.29) is 17.0 Å². The molecule has 1 unspecified atom stereocenters. The Bertz CT molecular complexity index is 301. The van der Waals surface area contributed by atoms with E-state index >= 15 is 0 Å². The Balaban J connectivity index is 2.31. The highest BCUT2D eigenvalue weighted by molar-refractivity contribution is 8.16. The highest BCUT2D eigenvalue weighted by atomic mass is 32.2. The first kappa shape index (κ1) is 17.7. The number of hydrogen-bond donors (Lipinski definition) is 2. The van der Waals surface area contributed by atoms with Crippen molar-refractivity contribution in [2.75, 3.05) is 17.8 Å². The predicted octanol–water partition coefficient (Wildman–Crippen LogP) is 4.11. The van der Waals surface area contributed by atoms with E-state index in [0.717, 1.165) is 18.8 Å². The topological polar surface area (TPSA) is 38.3 Å². The van der Waals surface area contributed by atoms with Crippen LogP contribution >= 0.6 is 10.9 Å². The van der Waals surface area contributed by atoms with Crippen LogP contribution in [0.15, 0.2) is 0 Å². The van der Waals surface area contributed by atoms with Crippen LogP contribution in [0.1, 0.15) is 59.8 Å². The Morgan fingerprint density at radius 3 is 2.65 bits per heavy atom. The van der Waals surface area contributed by atoms with E-state index in [9.17, 15) is 4.79 Å². The van der Waals surface area contributed by atoms with Crippen LogP contribution in [-0.2, 0) is 4.74 Å². The molecule has 120 valence electrons. The smallest absolute Gasteiger partial charge is 0.407 e. The molecule has 0 aromatic heterocycles. The summed E-state index contributed by atoms with van der Waals surface area (Å²) < 4.78 is 5.34. The zero-order chi connectivity index (χ0) is 15.2. The van der Waals surface area contributed by atoms with Crippen molar-refractivity contribution in [3.05, 3.63) is 0 Å². The Morgan fingerprint density at radius 1 is 1.35 bits per heavy atom. The van der Waals surface area contributed by atoms with E-state index in [1.54, 1.807) is 0 Å². The number of nitrogens with one attached hydrogen (secondary N) is 1. The second kappa shape index (κ2) is 8.16. The van der Waals surface area contributed by atoms with Gasteiger partial charge < -0.3 is 10.1 Å². The number of thiol groups is 1. The number of amides is 1. The van der Waals surface area contributed by atoms with Crippen molar-refractivity contribution in [3.63, 3.8) is 0 Å². The third-order valence-electron chi connectivity index (χ3n) is 3.96. The molecule has 4 heteroatoms. The van der Waals surface area contributed by atoms with Gasteiger partial charge in [-0.15, -0.1) is 0 Å². The molecule has 20 heavy (non-hydrogen) atoms. The van der Waals surface area contributed by atoms with Gasteiger partial charge in [0.2, 0.25) is 0 Å². The fraction of sp³-hybridized carbons (Fsp3) is 0.938. The zero-order valence-electron chi connectivity index (χ0n) is 13.9. The molecule has 0 aromatic rings. The van der Waals surface area contributed by atoms with Gasteiger partial charge in [0.05, 0.1) is 0 Å². The molecule has 0 heterocycles. The summed E-state index contributed by atoms with van der Waals surface area (Å²) in [7, 11) is 0.235. The van der Waals surface area contributed by atoms with Gasteiger partial charge in [-0.05, 0) is 63.7 Å². The SMILES string of the molecule is CC[SH](C)CC[C@H]1CCC[C@@H](NC(=O)OC(C)(C)C)C1. The second-order valence-electron chi connectivity index (χ2n) is 7.06. The van der Waals surface area contributed by atoms with Gasteiger partial charge in [-0.25, -0.2) is 4.79 Å². The standard InChI is InChI=1S/C16H33NO2S/c1-6-20(5)11-10-13-8-7-9-14(12-13)17-15(18)19-16(2,3)4/h13-14,20H,6-12H2,1-5H3,(H,17,18)/t13-,14-/m1/s1. The van der Waals surface area contributed by atoms with Gasteiger partial charge in [0.1, 0.15) is 5.60 Å². The number of ether oxygens (including phenoxy) is 1. The van der Waals surface area contributed by atoms with Gasteiger partial charge in [-0.2, -0.15) is 0 Å². The Hall–Kier alpha value is -0.380. The zero-order valence-corrected chi connectivity index (χ0v) is 14.8. The van der Waals surface area contributed by atoms with Crippen LogP contribution in [0.5, 0.6) is 0 Å². The minimum Gasteiger partial charge on any atom is -0.444 e. The summed E-state index contributed by atoms with van der Waals surface area (Å²) in [4.78, 5) is 11.8. The molecule has 3 nitrogen and oxygen atoms in total. The van der Waals surface area contributed by atoms with Crippen molar-refractivity contribution < 1.29 is 9.53 Å². The normalized spacial score (nSPS) is 25.9. The Morgan fingerprint density at radius 2 is 2.05 bits per heavy atom. The first-order valence-corrected chi connectivity index (χ1v) is 10.1. The van der Waals surface area contributed by atoms with Gasteiger partial charge in [0.15, 0.2) is 0 Å². The van der Waals surface area contributed by atoms with Crippen LogP contribution in [0.2, 0.25) is 0 Å². The van der Waals surface area contributed by atoms with Crippen molar-refractivity contribution in [2.24, 2.45) is 5.92 Å². The summed E-state index contributed by atoms with van der Waals surface area (Å²) in [6, 6.07) is 0.313. The van der Waals surface area contributed by atoms with Gasteiger partial charge in [0, 0.05) is 6.04 Å². The third-order valence-corrected chi connectivity index (χ3v) is 6.06. The molecule has 0 bridgehead atoms. The van der Waals surface area contributed by atoms with Gasteiger partial charge in [-0.1, -0.05) is 19.8 Å². The molecule has 0 spiro atoms. The second-order valence-corrected chi connectivity index (χ2v) is 9.85. The molecule has 1 saturated carbocycles. The van der Waals surface area contributed by atoms with Crippen LogP contribution in [-0.4, -0.2) is 35.5 Å². The van der Waals surface area contributed by atoms with E-state index in [0.29, 0.717) is 6.04 Å². The largest absolute Gasteiger partial charge is 0.444 e. The van der Waals surface area contributed by atoms with Gasteiger partial charge >= 0.3 is 6.09 Å². The Labute approximate surface area is 127 Å². The number of rotatable bonds is 5. The van der Waals surface area contributed by atoms with E-state index in [1.165, 1.54) is 30.8 Å². The molecule has 1 fully saturated rings. The molecule has 1 N–H and O–H groups in total. The average Bonchev–Trinajstić information content (AvgIpc) is 2.34. The summed E-state index contributed by atoms with van der Waals surface area (Å²) in [5.74, 6) is 3.51. The fourth-order valence-corrected chi connectivity index (χ4v) is 3.84. The molecule has 1 rings (SSSR count). The van der Waals surface area contributed by atoms with Crippen LogP contribution in [0, 0.1) is 5.92 Å². The predicted molar refractivity (Wildman–Crippen MR) is 90.1 cm³/mol. The lowest BCUT2D eigenvalue weighted by Crippen LogP contribution is -2.41. The molecule has 0 radical (unpaired) electrons. The monoisotopic (exact) mass is 303 g/mol. The lowest BCUT2D eigenvalue weighted by Gasteiger charge is -2.31. The minimum atomic E-state index is -0.405. The first-order chi connectivity index (χ1) is 9.30. The van der Waals surface area contributed by atoms with Crippen LogP contribution in [0.3, 0.4) is 0 Å². The van der Waals surface area contributed by atoms with Crippen molar-refractivity contribution in [2.45, 2.75) is 71.4 Å². The molecule has 3 atom stereocenters. The van der Waals surface area contributed by atoms with Crippen molar-refractivity contribution >= 4 is 17.0 Å². The molecule has 1 aliphatic carbocycles. The summed E-state index contributed by atoms with van der Waals surface area (Å²) in [5.41, 5.74) is -0.405. The summed E-state index contributed by atoms with van der Waals surface area (Å²) in [6.07, 6.45) is 8.28. The van der Waals surface area contributed by atoms with E-state index in [4.69, 9.17) is 4.74 Å². The van der Waals surface area contributed by atoms with Gasteiger partial charge in [0.25, 0.3) is 0 Å². The molecule has 0 aliphatic heterocycles. The summed E-state index contributed by atoms with van der Waals surface area (Å²) >= 11 is 0. The fourth-order valence-electron chi connectivity index (χ4n) is 2.72. The summed E-state index contributed by atoms with van der Waals surface area (Å²) in [6.45, 7) is 8.01. The number of hydrogen-bond acceptors (Lipinski definition) is 2. The first-order valence-electron chi connectivity index (χ1n) is 7.98. The number of alkyl carbamates (subject to hydrolysis) is 1. The maximum Gasteiger partial charge on any atom is 0.407 e. The van der Waals surface area contributed by atoms with Crippen LogP contribution in [0.4, 0.5) is 4.79 Å². The van der Waals surface area contributed by atoms with E-state index < -0.39 is 5.60 Å². The maximum atomic E-state index is 11.8. The molecule has 0 aromatic carbocycles. The quantitative estimate of drug-likeness (QED) is 0.750.